The highest BCUT2D eigenvalue weighted by molar-refractivity contribution is 6.30. The summed E-state index contributed by atoms with van der Waals surface area (Å²) in [5.74, 6) is 0.228. The summed E-state index contributed by atoms with van der Waals surface area (Å²) in [5.41, 5.74) is 3.61. The van der Waals surface area contributed by atoms with Crippen molar-refractivity contribution in [3.05, 3.63) is 58.8 Å². The van der Waals surface area contributed by atoms with Crippen molar-refractivity contribution in [3.63, 3.8) is 0 Å². The number of nitrogens with one attached hydrogen (secondary N) is 1. The highest BCUT2D eigenvalue weighted by Gasteiger charge is 2.28. The summed E-state index contributed by atoms with van der Waals surface area (Å²) in [6, 6.07) is 13.7. The van der Waals surface area contributed by atoms with Crippen LogP contribution in [-0.2, 0) is 0 Å². The number of benzene rings is 2. The van der Waals surface area contributed by atoms with Gasteiger partial charge < -0.3 is 9.73 Å². The first-order chi connectivity index (χ1) is 11.1. The van der Waals surface area contributed by atoms with E-state index in [1.807, 2.05) is 43.3 Å². The summed E-state index contributed by atoms with van der Waals surface area (Å²) in [6.45, 7) is 2.03. The molecule has 1 aromatic heterocycles. The molecule has 116 valence electrons. The minimum absolute atomic E-state index is 0.147. The van der Waals surface area contributed by atoms with Crippen molar-refractivity contribution in [1.29, 1.82) is 0 Å². The number of carbonyl (C=O) groups excluding carboxylic acids is 1. The summed E-state index contributed by atoms with van der Waals surface area (Å²) < 4.78 is 5.88. The van der Waals surface area contributed by atoms with Crippen molar-refractivity contribution >= 4 is 28.5 Å². The van der Waals surface area contributed by atoms with Gasteiger partial charge in [0, 0.05) is 22.0 Å². The second-order valence-electron chi connectivity index (χ2n) is 6.06. The van der Waals surface area contributed by atoms with Crippen LogP contribution in [0.4, 0.5) is 0 Å². The van der Waals surface area contributed by atoms with Crippen molar-refractivity contribution in [3.8, 4) is 11.1 Å². The average molecular weight is 326 g/mol. The lowest BCUT2D eigenvalue weighted by Crippen LogP contribution is -2.25. The smallest absolute Gasteiger partial charge is 0.287 e. The number of furan rings is 1. The van der Waals surface area contributed by atoms with Crippen molar-refractivity contribution in [1.82, 2.24) is 5.32 Å². The van der Waals surface area contributed by atoms with E-state index in [9.17, 15) is 4.79 Å². The molecule has 0 saturated heterocycles. The van der Waals surface area contributed by atoms with Crippen LogP contribution in [-0.4, -0.2) is 11.9 Å². The fraction of sp³-hybridized carbons (Fsp3) is 0.211. The number of amides is 1. The summed E-state index contributed by atoms with van der Waals surface area (Å²) in [5, 5.41) is 4.63. The molecule has 1 aliphatic carbocycles. The zero-order chi connectivity index (χ0) is 16.0. The molecule has 3 nitrogen and oxygen atoms in total. The van der Waals surface area contributed by atoms with Crippen molar-refractivity contribution in [2.75, 3.05) is 0 Å². The lowest BCUT2D eigenvalue weighted by atomic mass is 10.0. The van der Waals surface area contributed by atoms with Gasteiger partial charge in [0.25, 0.3) is 5.91 Å². The number of rotatable bonds is 3. The van der Waals surface area contributed by atoms with Gasteiger partial charge in [-0.1, -0.05) is 35.4 Å². The lowest BCUT2D eigenvalue weighted by molar-refractivity contribution is 0.0926. The maximum atomic E-state index is 12.6. The number of hydrogen-bond acceptors (Lipinski definition) is 2. The lowest BCUT2D eigenvalue weighted by Gasteiger charge is -2.05. The number of fused-ring (bicyclic) bond motifs is 1. The Morgan fingerprint density at radius 2 is 1.91 bits per heavy atom. The summed E-state index contributed by atoms with van der Waals surface area (Å²) >= 11 is 5.99. The van der Waals surface area contributed by atoms with E-state index in [2.05, 4.69) is 11.4 Å². The highest BCUT2D eigenvalue weighted by atomic mass is 35.5. The van der Waals surface area contributed by atoms with Gasteiger partial charge >= 0.3 is 0 Å². The van der Waals surface area contributed by atoms with Crippen molar-refractivity contribution in [2.45, 2.75) is 25.8 Å². The molecule has 1 fully saturated rings. The fourth-order valence-corrected chi connectivity index (χ4v) is 2.88. The Labute approximate surface area is 139 Å². The first-order valence-corrected chi connectivity index (χ1v) is 8.09. The zero-order valence-corrected chi connectivity index (χ0v) is 13.5. The van der Waals surface area contributed by atoms with Crippen LogP contribution in [0.1, 0.15) is 29.0 Å². The van der Waals surface area contributed by atoms with E-state index in [0.29, 0.717) is 10.8 Å². The monoisotopic (exact) mass is 325 g/mol. The molecular weight excluding hydrogens is 310 g/mol. The van der Waals surface area contributed by atoms with Gasteiger partial charge in [-0.15, -0.1) is 0 Å². The van der Waals surface area contributed by atoms with Crippen LogP contribution in [0.15, 0.2) is 46.9 Å². The van der Waals surface area contributed by atoms with Crippen LogP contribution >= 0.6 is 11.6 Å². The van der Waals surface area contributed by atoms with Gasteiger partial charge in [0.05, 0.1) is 0 Å². The first kappa shape index (κ1) is 14.3. The van der Waals surface area contributed by atoms with Gasteiger partial charge in [-0.2, -0.15) is 0 Å². The van der Waals surface area contributed by atoms with Gasteiger partial charge in [-0.25, -0.2) is 0 Å². The van der Waals surface area contributed by atoms with Gasteiger partial charge in [-0.3, -0.25) is 4.79 Å². The summed E-state index contributed by atoms with van der Waals surface area (Å²) in [6.07, 6.45) is 2.09. The Balaban J connectivity index is 1.91. The maximum Gasteiger partial charge on any atom is 0.287 e. The van der Waals surface area contributed by atoms with Crippen LogP contribution in [0.25, 0.3) is 22.1 Å². The van der Waals surface area contributed by atoms with E-state index in [1.165, 1.54) is 0 Å². The third-order valence-electron chi connectivity index (χ3n) is 4.10. The predicted molar refractivity (Wildman–Crippen MR) is 91.9 cm³/mol. The molecule has 1 saturated carbocycles. The van der Waals surface area contributed by atoms with E-state index < -0.39 is 0 Å². The minimum atomic E-state index is -0.147. The molecule has 0 radical (unpaired) electrons. The summed E-state index contributed by atoms with van der Waals surface area (Å²) in [7, 11) is 0. The molecule has 2 aromatic carbocycles. The molecule has 1 N–H and O–H groups in total. The van der Waals surface area contributed by atoms with E-state index in [4.69, 9.17) is 16.0 Å². The van der Waals surface area contributed by atoms with Gasteiger partial charge in [-0.05, 0) is 49.6 Å². The molecule has 1 heterocycles. The molecule has 1 aliphatic rings. The molecule has 1 amide bonds. The zero-order valence-electron chi connectivity index (χ0n) is 12.7. The van der Waals surface area contributed by atoms with Gasteiger partial charge in [0.1, 0.15) is 5.58 Å². The standard InChI is InChI=1S/C19H16ClNO2/c1-11-2-9-16-15(10-11)17(12-3-5-13(20)6-4-12)18(23-16)19(22)21-14-7-8-14/h2-6,9-10,14H,7-8H2,1H3,(H,21,22). The van der Waals surface area contributed by atoms with E-state index >= 15 is 0 Å². The number of carbonyl (C=O) groups is 1. The predicted octanol–water partition coefficient (Wildman–Crippen LogP) is 4.95. The first-order valence-electron chi connectivity index (χ1n) is 7.72. The van der Waals surface area contributed by atoms with E-state index in [0.717, 1.165) is 40.5 Å². The Bertz CT molecular complexity index is 892. The molecule has 0 spiro atoms. The van der Waals surface area contributed by atoms with Crippen molar-refractivity contribution < 1.29 is 9.21 Å². The second-order valence-corrected chi connectivity index (χ2v) is 6.50. The van der Waals surface area contributed by atoms with E-state index in [1.54, 1.807) is 0 Å². The molecule has 4 rings (SSSR count). The molecule has 4 heteroatoms. The number of hydrogen-bond donors (Lipinski definition) is 1. The largest absolute Gasteiger partial charge is 0.450 e. The van der Waals surface area contributed by atoms with Crippen LogP contribution in [0.5, 0.6) is 0 Å². The van der Waals surface area contributed by atoms with Crippen molar-refractivity contribution in [2.24, 2.45) is 0 Å². The van der Waals surface area contributed by atoms with Gasteiger partial charge in [0.15, 0.2) is 0 Å². The number of aryl methyl sites for hydroxylation is 1. The van der Waals surface area contributed by atoms with Gasteiger partial charge in [0.2, 0.25) is 5.76 Å². The Hall–Kier alpha value is -2.26. The van der Waals surface area contributed by atoms with Crippen LogP contribution < -0.4 is 5.32 Å². The topological polar surface area (TPSA) is 42.2 Å². The Kier molecular flexibility index (Phi) is 3.38. The highest BCUT2D eigenvalue weighted by Crippen LogP contribution is 2.36. The molecule has 0 bridgehead atoms. The third-order valence-corrected chi connectivity index (χ3v) is 4.35. The average Bonchev–Trinajstić information content (AvgIpc) is 3.26. The quantitative estimate of drug-likeness (QED) is 0.740. The molecule has 0 unspecified atom stereocenters. The maximum absolute atomic E-state index is 12.6. The Morgan fingerprint density at radius 1 is 1.17 bits per heavy atom. The Morgan fingerprint density at radius 3 is 2.61 bits per heavy atom. The third kappa shape index (κ3) is 2.73. The summed E-state index contributed by atoms with van der Waals surface area (Å²) in [4.78, 5) is 12.6. The second kappa shape index (κ2) is 5.43. The number of halogens is 1. The van der Waals surface area contributed by atoms with E-state index in [-0.39, 0.29) is 11.9 Å². The normalized spacial score (nSPS) is 14.2. The molecular formula is C19H16ClNO2. The molecule has 0 atom stereocenters. The fourth-order valence-electron chi connectivity index (χ4n) is 2.75. The van der Waals surface area contributed by atoms with Crippen LogP contribution in [0.3, 0.4) is 0 Å². The molecule has 23 heavy (non-hydrogen) atoms. The SMILES string of the molecule is Cc1ccc2oc(C(=O)NC3CC3)c(-c3ccc(Cl)cc3)c2c1. The molecule has 3 aromatic rings. The van der Waals surface area contributed by atoms with Crippen LogP contribution in [0, 0.1) is 6.92 Å². The minimum Gasteiger partial charge on any atom is -0.450 e. The van der Waals surface area contributed by atoms with Crippen LogP contribution in [0.2, 0.25) is 5.02 Å². The molecule has 0 aliphatic heterocycles.